The minimum atomic E-state index is -1.01. The number of carbonyl (C=O) groups excluding carboxylic acids is 1. The molecule has 9 rings (SSSR count). The molecule has 0 unspecified atom stereocenters. The quantitative estimate of drug-likeness (QED) is 0.283. The van der Waals surface area contributed by atoms with Crippen molar-refractivity contribution >= 4 is 50.8 Å². The van der Waals surface area contributed by atoms with Crippen LogP contribution in [0.25, 0.3) is 33.1 Å². The van der Waals surface area contributed by atoms with E-state index in [0.29, 0.717) is 104 Å². The predicted molar refractivity (Wildman–Crippen MR) is 165 cm³/mol. The topological polar surface area (TPSA) is 136 Å². The van der Waals surface area contributed by atoms with E-state index in [1.165, 1.54) is 12.1 Å². The fourth-order valence-corrected chi connectivity index (χ4v) is 7.03. The molecule has 0 saturated carbocycles. The van der Waals surface area contributed by atoms with Gasteiger partial charge in [0, 0.05) is 50.4 Å². The lowest BCUT2D eigenvalue weighted by atomic mass is 10.0. The monoisotopic (exact) mass is 628 g/mol. The number of anilines is 1. The molecule has 238 valence electrons. The van der Waals surface area contributed by atoms with Crippen LogP contribution in [0, 0.1) is 5.82 Å². The standard InChI is InChI=1S/C33H33FN6O6/c34-19-7-8-23-24(16-19)40-20-9-12-38(13-10-20)28(41)6-3-14-44-15-11-27-36-29-22-4-1-2-5-26(22)46-30(29)31(37-27)39-18-21(45-33(40)35-23)17-25(39)32(42)43/h1-2,4-5,7-8,16,20-21,25H,3,6,9-15,17-18H2,(H,42,43)/t21-,25-/m0/s1. The number of furan rings is 1. The Morgan fingerprint density at radius 2 is 1.87 bits per heavy atom. The molecule has 0 spiro atoms. The van der Waals surface area contributed by atoms with Crippen LogP contribution in [-0.4, -0.2) is 86.4 Å². The molecular formula is C33H33FN6O6. The van der Waals surface area contributed by atoms with E-state index in [1.807, 2.05) is 33.7 Å². The Kier molecular flexibility index (Phi) is 7.19. The Morgan fingerprint density at radius 1 is 1.02 bits per heavy atom. The normalized spacial score (nSPS) is 22.8. The number of para-hydroxylation sites is 1. The van der Waals surface area contributed by atoms with Gasteiger partial charge in [0.25, 0.3) is 6.01 Å². The van der Waals surface area contributed by atoms with Crippen molar-refractivity contribution in [2.24, 2.45) is 0 Å². The molecule has 12 nitrogen and oxygen atoms in total. The Bertz CT molecular complexity index is 1970. The van der Waals surface area contributed by atoms with E-state index in [4.69, 9.17) is 28.8 Å². The number of nitrogens with zero attached hydrogens (tertiary/aromatic N) is 6. The van der Waals surface area contributed by atoms with Crippen LogP contribution in [0.2, 0.25) is 0 Å². The Labute approximate surface area is 262 Å². The molecule has 1 N–H and O–H groups in total. The minimum absolute atomic E-state index is 0.0767. The van der Waals surface area contributed by atoms with Gasteiger partial charge in [0.2, 0.25) is 5.91 Å². The third kappa shape index (κ3) is 5.08. The molecule has 2 atom stereocenters. The van der Waals surface area contributed by atoms with Crippen LogP contribution in [0.4, 0.5) is 10.2 Å². The molecule has 46 heavy (non-hydrogen) atoms. The highest BCUT2D eigenvalue weighted by atomic mass is 19.1. The summed E-state index contributed by atoms with van der Waals surface area (Å²) in [6, 6.07) is 11.3. The Hall–Kier alpha value is -4.78. The van der Waals surface area contributed by atoms with Crippen LogP contribution in [0.1, 0.15) is 44.0 Å². The summed E-state index contributed by atoms with van der Waals surface area (Å²) < 4.78 is 35.1. The SMILES string of the molecule is O=C(O)[C@@H]1C[C@H]2CN1c1nc(nc3c1oc1ccccc13)CCOCCCC(=O)N1CCC(CC1)n1c(nc3ccc(F)cc31)O2. The average Bonchev–Trinajstić information content (AvgIpc) is 3.75. The van der Waals surface area contributed by atoms with Crippen molar-refractivity contribution in [3.05, 3.63) is 54.1 Å². The van der Waals surface area contributed by atoms with Gasteiger partial charge in [-0.05, 0) is 49.6 Å². The van der Waals surface area contributed by atoms with Gasteiger partial charge < -0.3 is 28.8 Å². The smallest absolute Gasteiger partial charge is 0.326 e. The van der Waals surface area contributed by atoms with Crippen LogP contribution in [0.15, 0.2) is 46.9 Å². The van der Waals surface area contributed by atoms with E-state index >= 15 is 0 Å². The number of aliphatic carboxylic acids is 1. The zero-order valence-electron chi connectivity index (χ0n) is 25.1. The zero-order valence-corrected chi connectivity index (χ0v) is 25.1. The first-order valence-electron chi connectivity index (χ1n) is 15.8. The van der Waals surface area contributed by atoms with Gasteiger partial charge in [0.15, 0.2) is 11.4 Å². The van der Waals surface area contributed by atoms with Crippen molar-refractivity contribution in [1.82, 2.24) is 24.4 Å². The van der Waals surface area contributed by atoms with Crippen molar-refractivity contribution < 1.29 is 33.0 Å². The van der Waals surface area contributed by atoms with Crippen molar-refractivity contribution in [1.29, 1.82) is 0 Å². The predicted octanol–water partition coefficient (Wildman–Crippen LogP) is 4.49. The molecule has 4 aliphatic heterocycles. The number of imidazole rings is 1. The maximum absolute atomic E-state index is 14.5. The molecule has 5 aromatic rings. The lowest BCUT2D eigenvalue weighted by Crippen LogP contribution is -2.39. The molecule has 0 aliphatic carbocycles. The fraction of sp³-hybridized carbons (Fsp3) is 0.424. The summed E-state index contributed by atoms with van der Waals surface area (Å²) >= 11 is 0. The first-order chi connectivity index (χ1) is 22.4. The van der Waals surface area contributed by atoms with E-state index in [0.717, 1.165) is 5.39 Å². The summed E-state index contributed by atoms with van der Waals surface area (Å²) in [7, 11) is 0. The van der Waals surface area contributed by atoms with Gasteiger partial charge in [-0.2, -0.15) is 4.98 Å². The lowest BCUT2D eigenvalue weighted by molar-refractivity contribution is -0.138. The number of carbonyl (C=O) groups is 2. The molecule has 3 aromatic heterocycles. The molecule has 13 heteroatoms. The molecule has 1 amide bonds. The van der Waals surface area contributed by atoms with Crippen molar-refractivity contribution in [3.8, 4) is 6.01 Å². The molecule has 2 aromatic carbocycles. The average molecular weight is 629 g/mol. The number of fused-ring (bicyclic) bond motifs is 12. The van der Waals surface area contributed by atoms with Crippen molar-refractivity contribution in [2.45, 2.75) is 56.7 Å². The second-order valence-corrected chi connectivity index (χ2v) is 12.2. The molecule has 4 aliphatic rings. The number of hydrogen-bond donors (Lipinski definition) is 1. The molecule has 7 heterocycles. The third-order valence-corrected chi connectivity index (χ3v) is 9.29. The van der Waals surface area contributed by atoms with Crippen LogP contribution in [0.5, 0.6) is 6.01 Å². The number of carboxylic acid groups (broad SMARTS) is 1. The molecule has 0 radical (unpaired) electrons. The maximum Gasteiger partial charge on any atom is 0.326 e. The summed E-state index contributed by atoms with van der Waals surface area (Å²) in [5, 5.41) is 11.2. The fourth-order valence-electron chi connectivity index (χ4n) is 7.03. The first-order valence-corrected chi connectivity index (χ1v) is 15.8. The molecule has 2 saturated heterocycles. The third-order valence-electron chi connectivity index (χ3n) is 9.29. The largest absolute Gasteiger partial charge is 0.480 e. The van der Waals surface area contributed by atoms with Crippen LogP contribution in [0.3, 0.4) is 0 Å². The van der Waals surface area contributed by atoms with Gasteiger partial charge in [0.1, 0.15) is 34.9 Å². The summed E-state index contributed by atoms with van der Waals surface area (Å²) in [4.78, 5) is 43.6. The van der Waals surface area contributed by atoms with E-state index in [9.17, 15) is 19.1 Å². The van der Waals surface area contributed by atoms with E-state index in [2.05, 4.69) is 0 Å². The van der Waals surface area contributed by atoms with Gasteiger partial charge in [-0.1, -0.05) is 12.1 Å². The number of ether oxygens (including phenoxy) is 2. The van der Waals surface area contributed by atoms with E-state index in [1.54, 1.807) is 11.0 Å². The number of rotatable bonds is 1. The summed E-state index contributed by atoms with van der Waals surface area (Å²) in [5.41, 5.74) is 2.83. The van der Waals surface area contributed by atoms with Crippen LogP contribution in [-0.2, 0) is 20.7 Å². The summed E-state index contributed by atoms with van der Waals surface area (Å²) in [5.74, 6) is -0.419. The number of carboxylic acids is 1. The lowest BCUT2D eigenvalue weighted by Gasteiger charge is -2.33. The van der Waals surface area contributed by atoms with Gasteiger partial charge in [0.05, 0.1) is 24.2 Å². The Balaban J connectivity index is 1.22. The number of hydrogen-bond acceptors (Lipinski definition) is 9. The maximum atomic E-state index is 14.5. The van der Waals surface area contributed by atoms with Crippen molar-refractivity contribution in [3.63, 3.8) is 0 Å². The van der Waals surface area contributed by atoms with Crippen LogP contribution >= 0.6 is 0 Å². The van der Waals surface area contributed by atoms with Gasteiger partial charge in [-0.15, -0.1) is 0 Å². The second kappa shape index (κ2) is 11.5. The van der Waals surface area contributed by atoms with E-state index < -0.39 is 18.1 Å². The zero-order chi connectivity index (χ0) is 31.4. The number of benzene rings is 2. The highest BCUT2D eigenvalue weighted by Crippen LogP contribution is 2.38. The first kappa shape index (κ1) is 28.7. The summed E-state index contributed by atoms with van der Waals surface area (Å²) in [6.07, 6.45) is 2.30. The number of halogens is 1. The number of aromatic nitrogens is 4. The summed E-state index contributed by atoms with van der Waals surface area (Å²) in [6.45, 7) is 2.12. The van der Waals surface area contributed by atoms with Gasteiger partial charge in [-0.3, -0.25) is 9.36 Å². The van der Waals surface area contributed by atoms with Gasteiger partial charge >= 0.3 is 5.97 Å². The van der Waals surface area contributed by atoms with Crippen LogP contribution < -0.4 is 9.64 Å². The van der Waals surface area contributed by atoms with E-state index in [-0.39, 0.29) is 30.7 Å². The Morgan fingerprint density at radius 3 is 2.72 bits per heavy atom. The number of amides is 1. The second-order valence-electron chi connectivity index (χ2n) is 12.2. The highest BCUT2D eigenvalue weighted by molar-refractivity contribution is 6.06. The molecular weight excluding hydrogens is 595 g/mol. The number of piperidine rings is 1. The molecule has 6 bridgehead atoms. The molecule has 2 fully saturated rings. The van der Waals surface area contributed by atoms with Gasteiger partial charge in [-0.25, -0.2) is 19.2 Å². The highest BCUT2D eigenvalue weighted by Gasteiger charge is 2.42. The minimum Gasteiger partial charge on any atom is -0.480 e. The van der Waals surface area contributed by atoms with Crippen molar-refractivity contribution in [2.75, 3.05) is 37.7 Å².